The Kier molecular flexibility index (Phi) is 5.85. The Bertz CT molecular complexity index is 677. The number of unbranched alkanes of at least 4 members (excludes halogenated alkanes) is 1. The molecule has 0 aromatic heterocycles. The maximum absolute atomic E-state index is 11.6. The predicted octanol–water partition coefficient (Wildman–Crippen LogP) is 3.24. The van der Waals surface area contributed by atoms with Crippen LogP contribution < -0.4 is 0 Å². The highest BCUT2D eigenvalue weighted by atomic mass is 32.2. The van der Waals surface area contributed by atoms with Gasteiger partial charge in [-0.05, 0) is 23.8 Å². The summed E-state index contributed by atoms with van der Waals surface area (Å²) >= 11 is 0. The number of fused-ring (bicyclic) bond motifs is 1. The Morgan fingerprint density at radius 1 is 1.10 bits per heavy atom. The Labute approximate surface area is 119 Å². The lowest BCUT2D eigenvalue weighted by atomic mass is 10.0. The molecule has 0 bridgehead atoms. The minimum absolute atomic E-state index is 0.0639. The monoisotopic (exact) mass is 294 g/mol. The van der Waals surface area contributed by atoms with Crippen LogP contribution in [0.5, 0.6) is 0 Å². The van der Waals surface area contributed by atoms with E-state index < -0.39 is 10.1 Å². The quantitative estimate of drug-likeness (QED) is 0.879. The highest BCUT2D eigenvalue weighted by Crippen LogP contribution is 2.27. The van der Waals surface area contributed by atoms with Crippen molar-refractivity contribution in [3.63, 3.8) is 0 Å². The van der Waals surface area contributed by atoms with E-state index in [0.717, 1.165) is 18.2 Å². The molecule has 1 N–H and O–H groups in total. The van der Waals surface area contributed by atoms with Crippen molar-refractivity contribution in [1.82, 2.24) is 0 Å². The lowest BCUT2D eigenvalue weighted by Gasteiger charge is -2.10. The van der Waals surface area contributed by atoms with Crippen LogP contribution in [0.25, 0.3) is 10.8 Å². The summed E-state index contributed by atoms with van der Waals surface area (Å²) in [5, 5.41) is 1.42. The van der Waals surface area contributed by atoms with Crippen LogP contribution in [0.2, 0.25) is 0 Å². The van der Waals surface area contributed by atoms with E-state index in [1.807, 2.05) is 31.9 Å². The summed E-state index contributed by atoms with van der Waals surface area (Å²) in [6, 6.07) is 10.9. The fourth-order valence-electron chi connectivity index (χ4n) is 2.16. The molecule has 0 aliphatic carbocycles. The summed E-state index contributed by atoms with van der Waals surface area (Å²) in [6.07, 6.45) is 2.55. The number of rotatable bonds is 4. The van der Waals surface area contributed by atoms with Crippen molar-refractivity contribution in [1.29, 1.82) is 0 Å². The van der Waals surface area contributed by atoms with E-state index in [2.05, 4.69) is 0 Å². The first-order chi connectivity index (χ1) is 9.54. The second-order valence-corrected chi connectivity index (χ2v) is 5.71. The smallest absolute Gasteiger partial charge is 0.295 e. The Hall–Kier alpha value is -1.72. The molecule has 0 saturated carbocycles. The SMILES string of the molecule is C=O.CCCCc1ccc2ccccc2c1S(=O)(=O)O. The van der Waals surface area contributed by atoms with Gasteiger partial charge in [0.2, 0.25) is 0 Å². The topological polar surface area (TPSA) is 71.4 Å². The normalized spacial score (nSPS) is 10.9. The van der Waals surface area contributed by atoms with Gasteiger partial charge in [-0.15, -0.1) is 0 Å². The van der Waals surface area contributed by atoms with E-state index in [9.17, 15) is 13.0 Å². The third kappa shape index (κ3) is 3.65. The van der Waals surface area contributed by atoms with Crippen LogP contribution in [-0.2, 0) is 21.3 Å². The Morgan fingerprint density at radius 2 is 1.75 bits per heavy atom. The van der Waals surface area contributed by atoms with Gasteiger partial charge in [0.1, 0.15) is 11.7 Å². The van der Waals surface area contributed by atoms with Crippen LogP contribution in [0, 0.1) is 0 Å². The van der Waals surface area contributed by atoms with E-state index in [1.165, 1.54) is 0 Å². The molecule has 20 heavy (non-hydrogen) atoms. The summed E-state index contributed by atoms with van der Waals surface area (Å²) in [6.45, 7) is 4.05. The average Bonchev–Trinajstić information content (AvgIpc) is 2.45. The van der Waals surface area contributed by atoms with Gasteiger partial charge in [0, 0.05) is 5.39 Å². The molecule has 2 aromatic rings. The van der Waals surface area contributed by atoms with Crippen molar-refractivity contribution in [3.8, 4) is 0 Å². The van der Waals surface area contributed by atoms with Crippen molar-refractivity contribution in [3.05, 3.63) is 42.0 Å². The fourth-order valence-corrected chi connectivity index (χ4v) is 3.12. The van der Waals surface area contributed by atoms with E-state index in [1.54, 1.807) is 18.2 Å². The van der Waals surface area contributed by atoms with Crippen molar-refractivity contribution in [2.24, 2.45) is 0 Å². The predicted molar refractivity (Wildman–Crippen MR) is 79.5 cm³/mol. The number of carbonyl (C=O) groups is 1. The molecular formula is C15H18O4S. The largest absolute Gasteiger partial charge is 0.307 e. The minimum atomic E-state index is -4.19. The van der Waals surface area contributed by atoms with Gasteiger partial charge in [-0.3, -0.25) is 4.55 Å². The lowest BCUT2D eigenvalue weighted by molar-refractivity contribution is -0.0979. The molecule has 0 unspecified atom stereocenters. The molecule has 0 amide bonds. The molecular weight excluding hydrogens is 276 g/mol. The molecule has 4 nitrogen and oxygen atoms in total. The molecule has 0 radical (unpaired) electrons. The molecule has 0 saturated heterocycles. The van der Waals surface area contributed by atoms with Crippen molar-refractivity contribution in [2.45, 2.75) is 31.1 Å². The van der Waals surface area contributed by atoms with E-state index >= 15 is 0 Å². The van der Waals surface area contributed by atoms with Gasteiger partial charge in [-0.1, -0.05) is 49.7 Å². The molecule has 108 valence electrons. The molecule has 0 atom stereocenters. The first-order valence-electron chi connectivity index (χ1n) is 6.31. The number of benzene rings is 2. The van der Waals surface area contributed by atoms with E-state index in [0.29, 0.717) is 17.4 Å². The maximum atomic E-state index is 11.6. The summed E-state index contributed by atoms with van der Waals surface area (Å²) in [5.41, 5.74) is 0.693. The first kappa shape index (κ1) is 16.3. The first-order valence-corrected chi connectivity index (χ1v) is 7.75. The average molecular weight is 294 g/mol. The van der Waals surface area contributed by atoms with Crippen LogP contribution in [0.4, 0.5) is 0 Å². The molecule has 0 aliphatic heterocycles. The second-order valence-electron chi connectivity index (χ2n) is 4.35. The van der Waals surface area contributed by atoms with Gasteiger partial charge in [0.05, 0.1) is 0 Å². The summed E-state index contributed by atoms with van der Waals surface area (Å²) in [5.74, 6) is 0. The van der Waals surface area contributed by atoms with Gasteiger partial charge >= 0.3 is 0 Å². The molecule has 0 heterocycles. The lowest BCUT2D eigenvalue weighted by Crippen LogP contribution is -2.04. The molecule has 0 aliphatic rings. The number of aryl methyl sites for hydroxylation is 1. The standard InChI is InChI=1S/C14H16O3S.CH2O/c1-2-3-6-12-10-9-11-7-4-5-8-13(11)14(12)18(15,16)17;1-2/h4-5,7-10H,2-3,6H2,1H3,(H,15,16,17);1H2. The number of carbonyl (C=O) groups excluding carboxylic acids is 1. The van der Waals surface area contributed by atoms with Crippen LogP contribution >= 0.6 is 0 Å². The zero-order valence-electron chi connectivity index (χ0n) is 11.4. The van der Waals surface area contributed by atoms with Crippen LogP contribution in [-0.4, -0.2) is 19.8 Å². The zero-order valence-corrected chi connectivity index (χ0v) is 12.2. The van der Waals surface area contributed by atoms with Gasteiger partial charge in [-0.25, -0.2) is 0 Å². The summed E-state index contributed by atoms with van der Waals surface area (Å²) < 4.78 is 32.6. The van der Waals surface area contributed by atoms with Crippen molar-refractivity contribution >= 4 is 27.7 Å². The highest BCUT2D eigenvalue weighted by Gasteiger charge is 2.18. The van der Waals surface area contributed by atoms with Crippen LogP contribution in [0.15, 0.2) is 41.3 Å². The van der Waals surface area contributed by atoms with Gasteiger partial charge in [-0.2, -0.15) is 8.42 Å². The molecule has 5 heteroatoms. The number of hydrogen-bond donors (Lipinski definition) is 1. The molecule has 2 aromatic carbocycles. The van der Waals surface area contributed by atoms with Gasteiger partial charge < -0.3 is 4.79 Å². The molecule has 0 fully saturated rings. The molecule has 2 rings (SSSR count). The van der Waals surface area contributed by atoms with Crippen molar-refractivity contribution < 1.29 is 17.8 Å². The van der Waals surface area contributed by atoms with Gasteiger partial charge in [0.25, 0.3) is 10.1 Å². The van der Waals surface area contributed by atoms with Gasteiger partial charge in [0.15, 0.2) is 0 Å². The Morgan fingerprint density at radius 3 is 2.35 bits per heavy atom. The zero-order chi connectivity index (χ0) is 15.2. The molecule has 0 spiro atoms. The van der Waals surface area contributed by atoms with E-state index in [-0.39, 0.29) is 4.90 Å². The van der Waals surface area contributed by atoms with Crippen LogP contribution in [0.3, 0.4) is 0 Å². The van der Waals surface area contributed by atoms with Crippen LogP contribution in [0.1, 0.15) is 25.3 Å². The minimum Gasteiger partial charge on any atom is -0.307 e. The summed E-state index contributed by atoms with van der Waals surface area (Å²) in [4.78, 5) is 8.06. The second kappa shape index (κ2) is 7.17. The summed E-state index contributed by atoms with van der Waals surface area (Å²) in [7, 11) is -4.19. The third-order valence-corrected chi connectivity index (χ3v) is 4.02. The highest BCUT2D eigenvalue weighted by molar-refractivity contribution is 7.86. The Balaban J connectivity index is 0.000000956. The maximum Gasteiger partial charge on any atom is 0.295 e. The fraction of sp³-hybridized carbons (Fsp3) is 0.267. The van der Waals surface area contributed by atoms with E-state index in [4.69, 9.17) is 4.79 Å². The third-order valence-electron chi connectivity index (χ3n) is 3.02. The number of hydrogen-bond acceptors (Lipinski definition) is 3. The van der Waals surface area contributed by atoms with Crippen molar-refractivity contribution in [2.75, 3.05) is 0 Å².